The van der Waals surface area contributed by atoms with Gasteiger partial charge in [0, 0.05) is 11.6 Å². The Kier molecular flexibility index (Phi) is 4.40. The van der Waals surface area contributed by atoms with Crippen LogP contribution in [0.25, 0.3) is 0 Å². The molecule has 6 heteroatoms. The third-order valence-electron chi connectivity index (χ3n) is 2.45. The van der Waals surface area contributed by atoms with Gasteiger partial charge in [-0.1, -0.05) is 40.9 Å². The van der Waals surface area contributed by atoms with Gasteiger partial charge in [-0.25, -0.2) is 4.39 Å². The molecule has 2 rings (SSSR count). The summed E-state index contributed by atoms with van der Waals surface area (Å²) < 4.78 is 18.4. The lowest BCUT2D eigenvalue weighted by Crippen LogP contribution is -2.00. The maximum Gasteiger partial charge on any atom is 0.144 e. The van der Waals surface area contributed by atoms with Crippen LogP contribution < -0.4 is 10.5 Å². The standard InChI is InChI=1S/C13H9Cl3FNO/c14-9-3-8(17)2-1-7(9)6-19-13-5-11(16)10(15)4-12(13)18/h1-5H,6,18H2. The lowest BCUT2D eigenvalue weighted by atomic mass is 10.2. The van der Waals surface area contributed by atoms with Crippen LogP contribution in [0, 0.1) is 5.82 Å². The number of benzene rings is 2. The lowest BCUT2D eigenvalue weighted by Gasteiger charge is -2.11. The molecule has 2 N–H and O–H groups in total. The minimum Gasteiger partial charge on any atom is -0.487 e. The van der Waals surface area contributed by atoms with E-state index in [0.29, 0.717) is 32.1 Å². The molecule has 0 saturated heterocycles. The first kappa shape index (κ1) is 14.3. The fourth-order valence-corrected chi connectivity index (χ4v) is 2.01. The predicted molar refractivity (Wildman–Crippen MR) is 76.6 cm³/mol. The van der Waals surface area contributed by atoms with Gasteiger partial charge in [0.1, 0.15) is 18.2 Å². The SMILES string of the molecule is Nc1cc(Cl)c(Cl)cc1OCc1ccc(F)cc1Cl. The Morgan fingerprint density at radius 1 is 1.00 bits per heavy atom. The molecule has 0 radical (unpaired) electrons. The van der Waals surface area contributed by atoms with Crippen molar-refractivity contribution in [2.45, 2.75) is 6.61 Å². The van der Waals surface area contributed by atoms with Crippen molar-refractivity contribution in [2.24, 2.45) is 0 Å². The van der Waals surface area contributed by atoms with E-state index in [0.717, 1.165) is 0 Å². The second-order valence-electron chi connectivity index (χ2n) is 3.83. The fraction of sp³-hybridized carbons (Fsp3) is 0.0769. The molecular weight excluding hydrogens is 312 g/mol. The Morgan fingerprint density at radius 3 is 2.37 bits per heavy atom. The monoisotopic (exact) mass is 319 g/mol. The van der Waals surface area contributed by atoms with Gasteiger partial charge < -0.3 is 10.5 Å². The van der Waals surface area contributed by atoms with Crippen molar-refractivity contribution in [1.29, 1.82) is 0 Å². The highest BCUT2D eigenvalue weighted by Crippen LogP contribution is 2.33. The van der Waals surface area contributed by atoms with Crippen LogP contribution in [-0.2, 0) is 6.61 Å². The van der Waals surface area contributed by atoms with E-state index in [4.69, 9.17) is 45.3 Å². The molecule has 0 spiro atoms. The molecule has 0 fully saturated rings. The summed E-state index contributed by atoms with van der Waals surface area (Å²) in [6.45, 7) is 0.154. The van der Waals surface area contributed by atoms with Crippen molar-refractivity contribution < 1.29 is 9.13 Å². The summed E-state index contributed by atoms with van der Waals surface area (Å²) in [4.78, 5) is 0. The predicted octanol–water partition coefficient (Wildman–Crippen LogP) is 4.95. The molecule has 2 aromatic rings. The van der Waals surface area contributed by atoms with Crippen molar-refractivity contribution in [1.82, 2.24) is 0 Å². The summed E-state index contributed by atoms with van der Waals surface area (Å²) >= 11 is 17.6. The number of nitrogens with two attached hydrogens (primary N) is 1. The smallest absolute Gasteiger partial charge is 0.144 e. The summed E-state index contributed by atoms with van der Waals surface area (Å²) in [5.74, 6) is -0.00223. The Balaban J connectivity index is 2.16. The molecule has 0 saturated carbocycles. The summed E-state index contributed by atoms with van der Waals surface area (Å²) in [7, 11) is 0. The van der Waals surface area contributed by atoms with Gasteiger partial charge in [-0.3, -0.25) is 0 Å². The fourth-order valence-electron chi connectivity index (χ4n) is 1.46. The first-order valence-corrected chi connectivity index (χ1v) is 6.42. The highest BCUT2D eigenvalue weighted by atomic mass is 35.5. The largest absolute Gasteiger partial charge is 0.487 e. The van der Waals surface area contributed by atoms with Crippen LogP contribution in [0.2, 0.25) is 15.1 Å². The second kappa shape index (κ2) is 5.87. The summed E-state index contributed by atoms with van der Waals surface area (Å²) in [5.41, 5.74) is 6.77. The van der Waals surface area contributed by atoms with Gasteiger partial charge in [0.25, 0.3) is 0 Å². The number of anilines is 1. The van der Waals surface area contributed by atoms with Crippen LogP contribution in [0.1, 0.15) is 5.56 Å². The van der Waals surface area contributed by atoms with Gasteiger partial charge in [0.05, 0.1) is 20.8 Å². The topological polar surface area (TPSA) is 35.2 Å². The molecule has 19 heavy (non-hydrogen) atoms. The minimum atomic E-state index is -0.400. The zero-order valence-corrected chi connectivity index (χ0v) is 11.9. The maximum atomic E-state index is 12.9. The molecule has 2 nitrogen and oxygen atoms in total. The van der Waals surface area contributed by atoms with Crippen molar-refractivity contribution in [2.75, 3.05) is 5.73 Å². The number of nitrogen functional groups attached to an aromatic ring is 1. The van der Waals surface area contributed by atoms with Crippen LogP contribution in [-0.4, -0.2) is 0 Å². The van der Waals surface area contributed by atoms with E-state index in [1.807, 2.05) is 0 Å². The number of halogens is 4. The van der Waals surface area contributed by atoms with Gasteiger partial charge in [-0.05, 0) is 18.2 Å². The molecule has 2 aromatic carbocycles. The molecule has 0 aliphatic rings. The van der Waals surface area contributed by atoms with Crippen molar-refractivity contribution >= 4 is 40.5 Å². The summed E-state index contributed by atoms with van der Waals surface area (Å²) in [6, 6.07) is 7.11. The van der Waals surface area contributed by atoms with Gasteiger partial charge >= 0.3 is 0 Å². The molecule has 0 bridgehead atoms. The molecule has 0 heterocycles. The van der Waals surface area contributed by atoms with E-state index >= 15 is 0 Å². The van der Waals surface area contributed by atoms with Crippen LogP contribution in [0.5, 0.6) is 5.75 Å². The van der Waals surface area contributed by atoms with E-state index in [1.54, 1.807) is 6.07 Å². The number of hydrogen-bond acceptors (Lipinski definition) is 2. The molecule has 0 atom stereocenters. The zero-order valence-electron chi connectivity index (χ0n) is 9.59. The first-order chi connectivity index (χ1) is 8.97. The third kappa shape index (κ3) is 3.44. The summed E-state index contributed by atoms with van der Waals surface area (Å²) in [5, 5.41) is 0.987. The molecule has 0 unspecified atom stereocenters. The number of hydrogen-bond donors (Lipinski definition) is 1. The molecule has 0 aromatic heterocycles. The molecule has 0 amide bonds. The van der Waals surface area contributed by atoms with Gasteiger partial charge in [-0.15, -0.1) is 0 Å². The average Bonchev–Trinajstić information content (AvgIpc) is 2.34. The third-order valence-corrected chi connectivity index (χ3v) is 3.53. The zero-order chi connectivity index (χ0) is 14.0. The molecule has 0 aliphatic heterocycles. The lowest BCUT2D eigenvalue weighted by molar-refractivity contribution is 0.308. The molecular formula is C13H9Cl3FNO. The molecule has 0 aliphatic carbocycles. The number of ether oxygens (including phenoxy) is 1. The van der Waals surface area contributed by atoms with E-state index in [9.17, 15) is 4.39 Å². The van der Waals surface area contributed by atoms with Crippen molar-refractivity contribution in [3.63, 3.8) is 0 Å². The van der Waals surface area contributed by atoms with E-state index in [2.05, 4.69) is 0 Å². The highest BCUT2D eigenvalue weighted by molar-refractivity contribution is 6.42. The average molecular weight is 321 g/mol. The van der Waals surface area contributed by atoms with Crippen molar-refractivity contribution in [3.05, 3.63) is 56.8 Å². The van der Waals surface area contributed by atoms with E-state index in [-0.39, 0.29) is 6.61 Å². The van der Waals surface area contributed by atoms with Crippen LogP contribution in [0.4, 0.5) is 10.1 Å². The van der Waals surface area contributed by atoms with Gasteiger partial charge in [0.2, 0.25) is 0 Å². The Labute approximate surface area is 124 Å². The Morgan fingerprint density at radius 2 is 1.68 bits per heavy atom. The van der Waals surface area contributed by atoms with Gasteiger partial charge in [-0.2, -0.15) is 0 Å². The normalized spacial score (nSPS) is 10.5. The van der Waals surface area contributed by atoms with E-state index in [1.165, 1.54) is 24.3 Å². The van der Waals surface area contributed by atoms with Crippen molar-refractivity contribution in [3.8, 4) is 5.75 Å². The quantitative estimate of drug-likeness (QED) is 0.812. The molecule has 100 valence electrons. The van der Waals surface area contributed by atoms with Crippen LogP contribution >= 0.6 is 34.8 Å². The minimum absolute atomic E-state index is 0.154. The van der Waals surface area contributed by atoms with Gasteiger partial charge in [0.15, 0.2) is 0 Å². The second-order valence-corrected chi connectivity index (χ2v) is 5.05. The highest BCUT2D eigenvalue weighted by Gasteiger charge is 2.08. The maximum absolute atomic E-state index is 12.9. The summed E-state index contributed by atoms with van der Waals surface area (Å²) in [6.07, 6.45) is 0. The van der Waals surface area contributed by atoms with E-state index < -0.39 is 5.82 Å². The Bertz CT molecular complexity index is 619. The van der Waals surface area contributed by atoms with Crippen LogP contribution in [0.3, 0.4) is 0 Å². The Hall–Kier alpha value is -1.16. The van der Waals surface area contributed by atoms with Crippen LogP contribution in [0.15, 0.2) is 30.3 Å². The first-order valence-electron chi connectivity index (χ1n) is 5.28. The number of rotatable bonds is 3.